The van der Waals surface area contributed by atoms with Gasteiger partial charge in [-0.3, -0.25) is 9.59 Å². The van der Waals surface area contributed by atoms with Crippen molar-refractivity contribution in [3.8, 4) is 0 Å². The summed E-state index contributed by atoms with van der Waals surface area (Å²) in [6.45, 7) is 5.73. The molecule has 0 aromatic carbocycles. The van der Waals surface area contributed by atoms with Crippen molar-refractivity contribution in [3.63, 3.8) is 0 Å². The summed E-state index contributed by atoms with van der Waals surface area (Å²) in [4.78, 5) is 26.1. The second-order valence-corrected chi connectivity index (χ2v) is 4.38. The normalized spacial score (nSPS) is 12.2. The number of pyridine rings is 1. The Kier molecular flexibility index (Phi) is 4.75. The quantitative estimate of drug-likeness (QED) is 0.867. The Morgan fingerprint density at radius 3 is 2.71 bits per heavy atom. The van der Waals surface area contributed by atoms with Crippen LogP contribution in [0.5, 0.6) is 0 Å². The van der Waals surface area contributed by atoms with Crippen molar-refractivity contribution in [2.45, 2.75) is 39.7 Å². The van der Waals surface area contributed by atoms with Crippen molar-refractivity contribution in [1.82, 2.24) is 10.3 Å². The lowest BCUT2D eigenvalue weighted by molar-refractivity contribution is 0.0937. The van der Waals surface area contributed by atoms with Gasteiger partial charge in [0, 0.05) is 11.7 Å². The molecule has 0 fully saturated rings. The van der Waals surface area contributed by atoms with Gasteiger partial charge in [0.05, 0.1) is 5.02 Å². The molecule has 1 aromatic heterocycles. The van der Waals surface area contributed by atoms with E-state index in [0.29, 0.717) is 17.1 Å². The first-order chi connectivity index (χ1) is 7.99. The number of hydrogen-bond acceptors (Lipinski definition) is 2. The monoisotopic (exact) mass is 256 g/mol. The van der Waals surface area contributed by atoms with Crippen LogP contribution >= 0.6 is 11.6 Å². The van der Waals surface area contributed by atoms with Crippen molar-refractivity contribution in [3.05, 3.63) is 32.7 Å². The number of aryl methyl sites for hydroxylation is 1. The number of halogens is 1. The zero-order valence-corrected chi connectivity index (χ0v) is 11.0. The van der Waals surface area contributed by atoms with Gasteiger partial charge in [-0.15, -0.1) is 0 Å². The lowest BCUT2D eigenvalue weighted by Crippen LogP contribution is -2.35. The highest BCUT2D eigenvalue weighted by atomic mass is 35.5. The van der Waals surface area contributed by atoms with E-state index in [0.717, 1.165) is 6.42 Å². The molecular formula is C12H17ClN2O2. The van der Waals surface area contributed by atoms with Crippen LogP contribution in [0.2, 0.25) is 5.02 Å². The fraction of sp³-hybridized carbons (Fsp3) is 0.500. The fourth-order valence-electron chi connectivity index (χ4n) is 1.37. The van der Waals surface area contributed by atoms with E-state index in [4.69, 9.17) is 11.6 Å². The Labute approximate surface area is 105 Å². The van der Waals surface area contributed by atoms with Gasteiger partial charge in [0.25, 0.3) is 11.5 Å². The average Bonchev–Trinajstić information content (AvgIpc) is 2.31. The standard InChI is InChI=1S/C12H17ClN2O2/c1-4-7(3)14-11(16)8-6-9(13)10(5-2)15-12(8)17/h6-7H,4-5H2,1-3H3,(H,14,16)(H,15,17)/t7-/m1/s1. The zero-order chi connectivity index (χ0) is 13.0. The summed E-state index contributed by atoms with van der Waals surface area (Å²) in [7, 11) is 0. The topological polar surface area (TPSA) is 62.0 Å². The van der Waals surface area contributed by atoms with E-state index < -0.39 is 5.56 Å². The maximum absolute atomic E-state index is 11.8. The number of carbonyl (C=O) groups excluding carboxylic acids is 1. The molecule has 1 rings (SSSR count). The lowest BCUT2D eigenvalue weighted by Gasteiger charge is -2.11. The maximum atomic E-state index is 11.8. The summed E-state index contributed by atoms with van der Waals surface area (Å²) in [5.74, 6) is -0.384. The number of H-pyrrole nitrogens is 1. The molecule has 4 nitrogen and oxygen atoms in total. The summed E-state index contributed by atoms with van der Waals surface area (Å²) in [6.07, 6.45) is 1.44. The number of hydrogen-bond donors (Lipinski definition) is 2. The van der Waals surface area contributed by atoms with E-state index in [1.165, 1.54) is 6.07 Å². The molecule has 0 spiro atoms. The third-order valence-corrected chi connectivity index (χ3v) is 2.99. The summed E-state index contributed by atoms with van der Waals surface area (Å²) >= 11 is 5.97. The van der Waals surface area contributed by atoms with E-state index in [2.05, 4.69) is 10.3 Å². The van der Waals surface area contributed by atoms with Gasteiger partial charge in [0.1, 0.15) is 5.56 Å². The lowest BCUT2D eigenvalue weighted by atomic mass is 10.2. The second-order valence-electron chi connectivity index (χ2n) is 3.97. The van der Waals surface area contributed by atoms with Gasteiger partial charge in [0.2, 0.25) is 0 Å². The van der Waals surface area contributed by atoms with Crippen LogP contribution < -0.4 is 10.9 Å². The molecule has 1 aromatic rings. The SMILES string of the molecule is CCc1[nH]c(=O)c(C(=O)N[C@H](C)CC)cc1Cl. The van der Waals surface area contributed by atoms with Crippen LogP contribution in [-0.4, -0.2) is 16.9 Å². The van der Waals surface area contributed by atoms with E-state index in [-0.39, 0.29) is 17.5 Å². The molecule has 0 radical (unpaired) electrons. The predicted octanol–water partition coefficient (Wildman–Crippen LogP) is 2.12. The molecule has 94 valence electrons. The van der Waals surface area contributed by atoms with Gasteiger partial charge in [-0.1, -0.05) is 25.4 Å². The van der Waals surface area contributed by atoms with Crippen molar-refractivity contribution in [2.24, 2.45) is 0 Å². The number of carbonyl (C=O) groups is 1. The highest BCUT2D eigenvalue weighted by Gasteiger charge is 2.14. The summed E-state index contributed by atoms with van der Waals surface area (Å²) in [5.41, 5.74) is 0.316. The van der Waals surface area contributed by atoms with Crippen LogP contribution in [0.25, 0.3) is 0 Å². The minimum absolute atomic E-state index is 0.0338. The predicted molar refractivity (Wildman–Crippen MR) is 68.7 cm³/mol. The van der Waals surface area contributed by atoms with Gasteiger partial charge < -0.3 is 10.3 Å². The molecule has 0 aliphatic heterocycles. The molecule has 17 heavy (non-hydrogen) atoms. The minimum atomic E-state index is -0.396. The molecule has 0 aliphatic carbocycles. The number of amides is 1. The van der Waals surface area contributed by atoms with Crippen LogP contribution in [0.4, 0.5) is 0 Å². The Bertz CT molecular complexity index is 468. The first-order valence-electron chi connectivity index (χ1n) is 5.72. The molecule has 5 heteroatoms. The first-order valence-corrected chi connectivity index (χ1v) is 6.09. The van der Waals surface area contributed by atoms with Gasteiger partial charge in [-0.2, -0.15) is 0 Å². The zero-order valence-electron chi connectivity index (χ0n) is 10.3. The average molecular weight is 257 g/mol. The van der Waals surface area contributed by atoms with E-state index in [1.54, 1.807) is 0 Å². The Morgan fingerprint density at radius 1 is 1.53 bits per heavy atom. The largest absolute Gasteiger partial charge is 0.349 e. The van der Waals surface area contributed by atoms with Crippen molar-refractivity contribution >= 4 is 17.5 Å². The van der Waals surface area contributed by atoms with E-state index >= 15 is 0 Å². The molecule has 0 saturated heterocycles. The van der Waals surface area contributed by atoms with Gasteiger partial charge >= 0.3 is 0 Å². The Hall–Kier alpha value is -1.29. The number of aromatic nitrogens is 1. The Morgan fingerprint density at radius 2 is 2.18 bits per heavy atom. The van der Waals surface area contributed by atoms with Crippen LogP contribution in [0.15, 0.2) is 10.9 Å². The fourth-order valence-corrected chi connectivity index (χ4v) is 1.66. The molecule has 0 saturated carbocycles. The smallest absolute Gasteiger partial charge is 0.261 e. The summed E-state index contributed by atoms with van der Waals surface area (Å²) in [5, 5.41) is 3.15. The van der Waals surface area contributed by atoms with Crippen LogP contribution in [0, 0.1) is 0 Å². The summed E-state index contributed by atoms with van der Waals surface area (Å²) in [6, 6.07) is 1.46. The van der Waals surface area contributed by atoms with Crippen molar-refractivity contribution in [1.29, 1.82) is 0 Å². The third kappa shape index (κ3) is 3.33. The van der Waals surface area contributed by atoms with Gasteiger partial charge in [-0.25, -0.2) is 0 Å². The maximum Gasteiger partial charge on any atom is 0.261 e. The van der Waals surface area contributed by atoms with Crippen molar-refractivity contribution in [2.75, 3.05) is 0 Å². The van der Waals surface area contributed by atoms with Gasteiger partial charge in [0.15, 0.2) is 0 Å². The molecule has 0 aliphatic rings. The molecule has 1 heterocycles. The van der Waals surface area contributed by atoms with E-state index in [1.807, 2.05) is 20.8 Å². The molecule has 0 bridgehead atoms. The van der Waals surface area contributed by atoms with Gasteiger partial charge in [-0.05, 0) is 25.8 Å². The van der Waals surface area contributed by atoms with Crippen LogP contribution in [0.3, 0.4) is 0 Å². The molecular weight excluding hydrogens is 240 g/mol. The molecule has 1 amide bonds. The Balaban J connectivity index is 3.03. The van der Waals surface area contributed by atoms with Crippen LogP contribution in [-0.2, 0) is 6.42 Å². The van der Waals surface area contributed by atoms with E-state index in [9.17, 15) is 9.59 Å². The highest BCUT2D eigenvalue weighted by Crippen LogP contribution is 2.13. The van der Waals surface area contributed by atoms with Crippen LogP contribution in [0.1, 0.15) is 43.2 Å². The summed E-state index contributed by atoms with van der Waals surface area (Å²) < 4.78 is 0. The first kappa shape index (κ1) is 13.8. The highest BCUT2D eigenvalue weighted by molar-refractivity contribution is 6.31. The number of aromatic amines is 1. The molecule has 1 atom stereocenters. The molecule has 2 N–H and O–H groups in total. The third-order valence-electron chi connectivity index (χ3n) is 2.66. The number of nitrogens with one attached hydrogen (secondary N) is 2. The second kappa shape index (κ2) is 5.87. The number of rotatable bonds is 4. The minimum Gasteiger partial charge on any atom is -0.349 e. The molecule has 0 unspecified atom stereocenters. The van der Waals surface area contributed by atoms with Crippen molar-refractivity contribution < 1.29 is 4.79 Å².